The van der Waals surface area contributed by atoms with Crippen LogP contribution in [-0.4, -0.2) is 14.9 Å². The van der Waals surface area contributed by atoms with Crippen LogP contribution in [0.1, 0.15) is 49.2 Å². The molecule has 0 spiro atoms. The lowest BCUT2D eigenvalue weighted by Gasteiger charge is -2.27. The summed E-state index contributed by atoms with van der Waals surface area (Å²) in [5, 5.41) is 16.0. The molecule has 0 saturated heterocycles. The standard InChI is InChI=1S/C15H18ClN3O/c1-9(2)19-14(12(16)8-18-19)15(20)7-13(17)10-5-3-4-6-11(10)15/h3-6,8-9,13,20H,7,17H2,1-2H3. The Labute approximate surface area is 123 Å². The zero-order valence-electron chi connectivity index (χ0n) is 11.5. The Morgan fingerprint density at radius 1 is 1.45 bits per heavy atom. The SMILES string of the molecule is CC(C)n1ncc(Cl)c1C1(O)CC(N)c2ccccc21. The highest BCUT2D eigenvalue weighted by molar-refractivity contribution is 6.31. The molecule has 1 heterocycles. The molecule has 1 aliphatic rings. The molecule has 0 amide bonds. The first-order valence-corrected chi connectivity index (χ1v) is 7.14. The van der Waals surface area contributed by atoms with Gasteiger partial charge < -0.3 is 10.8 Å². The molecule has 2 aromatic rings. The van der Waals surface area contributed by atoms with Gasteiger partial charge in [-0.3, -0.25) is 4.68 Å². The van der Waals surface area contributed by atoms with Gasteiger partial charge in [-0.15, -0.1) is 0 Å². The monoisotopic (exact) mass is 291 g/mol. The second-order valence-electron chi connectivity index (χ2n) is 5.64. The number of hydrogen-bond acceptors (Lipinski definition) is 3. The van der Waals surface area contributed by atoms with Crippen LogP contribution in [0.15, 0.2) is 30.5 Å². The van der Waals surface area contributed by atoms with E-state index in [0.717, 1.165) is 11.1 Å². The highest BCUT2D eigenvalue weighted by Crippen LogP contribution is 2.48. The normalized spacial score (nSPS) is 25.2. The molecule has 1 aromatic heterocycles. The molecular formula is C15H18ClN3O. The molecule has 20 heavy (non-hydrogen) atoms. The molecule has 1 aromatic carbocycles. The van der Waals surface area contributed by atoms with Gasteiger partial charge >= 0.3 is 0 Å². The zero-order chi connectivity index (χ0) is 14.5. The number of aliphatic hydroxyl groups is 1. The summed E-state index contributed by atoms with van der Waals surface area (Å²) in [7, 11) is 0. The van der Waals surface area contributed by atoms with Gasteiger partial charge in [0.25, 0.3) is 0 Å². The van der Waals surface area contributed by atoms with Gasteiger partial charge in [-0.2, -0.15) is 5.10 Å². The molecule has 2 unspecified atom stereocenters. The quantitative estimate of drug-likeness (QED) is 0.894. The minimum absolute atomic E-state index is 0.116. The van der Waals surface area contributed by atoms with Gasteiger partial charge in [-0.25, -0.2) is 0 Å². The van der Waals surface area contributed by atoms with Crippen LogP contribution >= 0.6 is 11.6 Å². The molecule has 0 fully saturated rings. The third kappa shape index (κ3) is 1.79. The van der Waals surface area contributed by atoms with Crippen LogP contribution in [0.3, 0.4) is 0 Å². The number of nitrogens with zero attached hydrogens (tertiary/aromatic N) is 2. The lowest BCUT2D eigenvalue weighted by molar-refractivity contribution is 0.0664. The van der Waals surface area contributed by atoms with Crippen molar-refractivity contribution < 1.29 is 5.11 Å². The van der Waals surface area contributed by atoms with Crippen molar-refractivity contribution in [3.63, 3.8) is 0 Å². The first kappa shape index (κ1) is 13.6. The van der Waals surface area contributed by atoms with Crippen molar-refractivity contribution in [2.45, 2.75) is 38.0 Å². The van der Waals surface area contributed by atoms with Crippen molar-refractivity contribution in [2.24, 2.45) is 5.73 Å². The van der Waals surface area contributed by atoms with Crippen LogP contribution in [0.4, 0.5) is 0 Å². The van der Waals surface area contributed by atoms with E-state index in [1.165, 1.54) is 0 Å². The number of halogens is 1. The van der Waals surface area contributed by atoms with E-state index in [2.05, 4.69) is 5.10 Å². The molecule has 106 valence electrons. The Morgan fingerprint density at radius 2 is 2.15 bits per heavy atom. The van der Waals surface area contributed by atoms with E-state index in [9.17, 15) is 5.11 Å². The van der Waals surface area contributed by atoms with E-state index >= 15 is 0 Å². The van der Waals surface area contributed by atoms with Crippen LogP contribution in [0.5, 0.6) is 0 Å². The number of fused-ring (bicyclic) bond motifs is 1. The van der Waals surface area contributed by atoms with Crippen LogP contribution in [0.2, 0.25) is 5.02 Å². The number of nitrogens with two attached hydrogens (primary N) is 1. The maximum atomic E-state index is 11.3. The lowest BCUT2D eigenvalue weighted by atomic mass is 9.92. The maximum Gasteiger partial charge on any atom is 0.135 e. The van der Waals surface area contributed by atoms with E-state index in [-0.39, 0.29) is 12.1 Å². The number of aromatic nitrogens is 2. The van der Waals surface area contributed by atoms with Crippen molar-refractivity contribution in [2.75, 3.05) is 0 Å². The van der Waals surface area contributed by atoms with E-state index in [0.29, 0.717) is 17.1 Å². The largest absolute Gasteiger partial charge is 0.379 e. The van der Waals surface area contributed by atoms with Gasteiger partial charge in [0.05, 0.1) is 16.9 Å². The molecule has 4 nitrogen and oxygen atoms in total. The van der Waals surface area contributed by atoms with E-state index < -0.39 is 5.60 Å². The summed E-state index contributed by atoms with van der Waals surface area (Å²) >= 11 is 6.29. The number of rotatable bonds is 2. The third-order valence-corrected chi connectivity index (χ3v) is 4.23. The summed E-state index contributed by atoms with van der Waals surface area (Å²) in [6, 6.07) is 7.64. The molecule has 0 aliphatic heterocycles. The summed E-state index contributed by atoms with van der Waals surface area (Å²) in [5.74, 6) is 0. The number of hydrogen-bond donors (Lipinski definition) is 2. The highest BCUT2D eigenvalue weighted by Gasteiger charge is 2.46. The van der Waals surface area contributed by atoms with Gasteiger partial charge in [0.2, 0.25) is 0 Å². The van der Waals surface area contributed by atoms with Crippen molar-refractivity contribution in [3.05, 3.63) is 52.3 Å². The molecule has 0 bridgehead atoms. The first-order valence-electron chi connectivity index (χ1n) is 6.76. The Morgan fingerprint density at radius 3 is 2.85 bits per heavy atom. The molecule has 5 heteroatoms. The summed E-state index contributed by atoms with van der Waals surface area (Å²) in [6.07, 6.45) is 2.01. The topological polar surface area (TPSA) is 64.1 Å². The van der Waals surface area contributed by atoms with Gasteiger partial charge in [-0.05, 0) is 25.0 Å². The summed E-state index contributed by atoms with van der Waals surface area (Å²) in [4.78, 5) is 0. The minimum atomic E-state index is -1.17. The van der Waals surface area contributed by atoms with Crippen LogP contribution in [-0.2, 0) is 5.60 Å². The highest BCUT2D eigenvalue weighted by atomic mass is 35.5. The fourth-order valence-corrected chi connectivity index (χ4v) is 3.37. The predicted octanol–water partition coefficient (Wildman–Crippen LogP) is 2.76. The van der Waals surface area contributed by atoms with Crippen LogP contribution in [0, 0.1) is 0 Å². The smallest absolute Gasteiger partial charge is 0.135 e. The van der Waals surface area contributed by atoms with Gasteiger partial charge in [0.15, 0.2) is 0 Å². The molecule has 1 aliphatic carbocycles. The zero-order valence-corrected chi connectivity index (χ0v) is 12.3. The molecule has 3 rings (SSSR count). The maximum absolute atomic E-state index is 11.3. The fraction of sp³-hybridized carbons (Fsp3) is 0.400. The summed E-state index contributed by atoms with van der Waals surface area (Å²) in [6.45, 7) is 4.02. The molecule has 3 N–H and O–H groups in total. The Hall–Kier alpha value is -1.36. The van der Waals surface area contributed by atoms with E-state index in [4.69, 9.17) is 17.3 Å². The molecule has 2 atom stereocenters. The molecule has 0 saturated carbocycles. The first-order chi connectivity index (χ1) is 9.45. The minimum Gasteiger partial charge on any atom is -0.379 e. The second-order valence-corrected chi connectivity index (χ2v) is 6.04. The van der Waals surface area contributed by atoms with Crippen molar-refractivity contribution in [1.82, 2.24) is 9.78 Å². The van der Waals surface area contributed by atoms with Gasteiger partial charge in [-0.1, -0.05) is 35.9 Å². The summed E-state index contributed by atoms with van der Waals surface area (Å²) in [5.41, 5.74) is 7.44. The lowest BCUT2D eigenvalue weighted by Crippen LogP contribution is -2.30. The Balaban J connectivity index is 2.23. The van der Waals surface area contributed by atoms with Crippen LogP contribution < -0.4 is 5.73 Å². The van der Waals surface area contributed by atoms with Crippen LogP contribution in [0.25, 0.3) is 0 Å². The Kier molecular flexibility index (Phi) is 3.12. The second kappa shape index (κ2) is 4.58. The van der Waals surface area contributed by atoms with Gasteiger partial charge in [0.1, 0.15) is 5.60 Å². The third-order valence-electron chi connectivity index (χ3n) is 3.95. The fourth-order valence-electron chi connectivity index (χ4n) is 3.08. The summed E-state index contributed by atoms with van der Waals surface area (Å²) < 4.78 is 1.77. The average Bonchev–Trinajstić information content (AvgIpc) is 2.91. The Bertz CT molecular complexity index is 652. The van der Waals surface area contributed by atoms with E-state index in [1.807, 2.05) is 38.1 Å². The predicted molar refractivity (Wildman–Crippen MR) is 78.6 cm³/mol. The molecule has 0 radical (unpaired) electrons. The van der Waals surface area contributed by atoms with E-state index in [1.54, 1.807) is 10.9 Å². The van der Waals surface area contributed by atoms with Crippen molar-refractivity contribution in [1.29, 1.82) is 0 Å². The average molecular weight is 292 g/mol. The van der Waals surface area contributed by atoms with Gasteiger partial charge in [0, 0.05) is 18.5 Å². The van der Waals surface area contributed by atoms with Crippen molar-refractivity contribution in [3.8, 4) is 0 Å². The number of benzene rings is 1. The molecular weight excluding hydrogens is 274 g/mol. The van der Waals surface area contributed by atoms with Crippen molar-refractivity contribution >= 4 is 11.6 Å².